The maximum Gasteiger partial charge on any atom is 0.220 e. The highest BCUT2D eigenvalue weighted by Crippen LogP contribution is 2.28. The topological polar surface area (TPSA) is 178 Å². The average molecular weight is 870 g/mol. The van der Waals surface area contributed by atoms with Crippen molar-refractivity contribution >= 4 is 5.91 Å². The first-order valence-corrected chi connectivity index (χ1v) is 22.9. The molecule has 0 aromatic heterocycles. The monoisotopic (exact) mass is 870 g/mol. The van der Waals surface area contributed by atoms with E-state index in [1.165, 1.54) is 51.4 Å². The molecule has 1 heterocycles. The molecular formula is C47H74F3NO10. The van der Waals surface area contributed by atoms with E-state index in [1.807, 2.05) is 12.1 Å². The fraction of sp³-hybridized carbons (Fsp3) is 0.723. The van der Waals surface area contributed by atoms with Crippen molar-refractivity contribution in [3.8, 4) is 11.5 Å². The summed E-state index contributed by atoms with van der Waals surface area (Å²) >= 11 is 0. The fourth-order valence-corrected chi connectivity index (χ4v) is 7.65. The lowest BCUT2D eigenvalue weighted by Gasteiger charge is -2.40. The number of rotatable bonds is 33. The summed E-state index contributed by atoms with van der Waals surface area (Å²) in [4.78, 5) is 13.0. The number of carbonyl (C=O) groups is 1. The maximum atomic E-state index is 13.9. The molecular weight excluding hydrogens is 796 g/mol. The third kappa shape index (κ3) is 20.1. The molecule has 0 saturated carbocycles. The molecule has 7 N–H and O–H groups in total. The van der Waals surface area contributed by atoms with Crippen LogP contribution in [0.5, 0.6) is 11.5 Å². The van der Waals surface area contributed by atoms with Crippen LogP contribution in [-0.2, 0) is 20.7 Å². The van der Waals surface area contributed by atoms with Gasteiger partial charge in [-0.25, -0.2) is 13.2 Å². The summed E-state index contributed by atoms with van der Waals surface area (Å²) in [6.07, 6.45) is 13.0. The van der Waals surface area contributed by atoms with Crippen LogP contribution < -0.4 is 10.1 Å². The van der Waals surface area contributed by atoms with Gasteiger partial charge in [0.25, 0.3) is 0 Å². The normalized spacial score (nSPS) is 20.7. The van der Waals surface area contributed by atoms with Crippen LogP contribution in [0.2, 0.25) is 0 Å². The van der Waals surface area contributed by atoms with Crippen molar-refractivity contribution in [2.24, 2.45) is 0 Å². The van der Waals surface area contributed by atoms with E-state index in [1.54, 1.807) is 12.1 Å². The van der Waals surface area contributed by atoms with Crippen molar-refractivity contribution in [2.45, 2.75) is 204 Å². The summed E-state index contributed by atoms with van der Waals surface area (Å²) in [7, 11) is 0. The minimum absolute atomic E-state index is 0.206. The van der Waals surface area contributed by atoms with E-state index < -0.39 is 73.0 Å². The lowest BCUT2D eigenvalue weighted by molar-refractivity contribution is -0.303. The number of amides is 1. The minimum Gasteiger partial charge on any atom is -0.454 e. The van der Waals surface area contributed by atoms with Crippen molar-refractivity contribution in [1.82, 2.24) is 5.32 Å². The second kappa shape index (κ2) is 30.3. The summed E-state index contributed by atoms with van der Waals surface area (Å²) in [5.74, 6) is -3.82. The Balaban J connectivity index is 1.33. The molecule has 61 heavy (non-hydrogen) atoms. The first kappa shape index (κ1) is 52.5. The van der Waals surface area contributed by atoms with Crippen molar-refractivity contribution in [3.63, 3.8) is 0 Å². The van der Waals surface area contributed by atoms with Crippen LogP contribution in [0.4, 0.5) is 13.2 Å². The van der Waals surface area contributed by atoms with Crippen LogP contribution in [0.15, 0.2) is 36.4 Å². The first-order valence-electron chi connectivity index (χ1n) is 22.9. The Morgan fingerprint density at radius 1 is 0.705 bits per heavy atom. The predicted molar refractivity (Wildman–Crippen MR) is 227 cm³/mol. The summed E-state index contributed by atoms with van der Waals surface area (Å²) in [6.45, 7) is 1.24. The molecule has 1 aliphatic rings. The summed E-state index contributed by atoms with van der Waals surface area (Å²) in [5, 5.41) is 65.1. The number of halogens is 3. The molecule has 348 valence electrons. The Bertz CT molecular complexity index is 1470. The van der Waals surface area contributed by atoms with Gasteiger partial charge < -0.3 is 50.2 Å². The summed E-state index contributed by atoms with van der Waals surface area (Å²) in [5.41, 5.74) is 1.08. The number of benzene rings is 2. The molecule has 1 amide bonds. The second-order valence-corrected chi connectivity index (χ2v) is 16.7. The van der Waals surface area contributed by atoms with Gasteiger partial charge in [-0.05, 0) is 43.4 Å². The number of hydrogen-bond acceptors (Lipinski definition) is 10. The number of aliphatic hydroxyl groups is 6. The lowest BCUT2D eigenvalue weighted by Crippen LogP contribution is -2.60. The van der Waals surface area contributed by atoms with Gasteiger partial charge in [-0.15, -0.1) is 0 Å². The van der Waals surface area contributed by atoms with Crippen LogP contribution in [0.3, 0.4) is 0 Å². The van der Waals surface area contributed by atoms with Crippen LogP contribution >= 0.6 is 0 Å². The van der Waals surface area contributed by atoms with Crippen molar-refractivity contribution in [2.75, 3.05) is 13.2 Å². The van der Waals surface area contributed by atoms with E-state index in [4.69, 9.17) is 14.2 Å². The third-order valence-corrected chi connectivity index (χ3v) is 11.5. The van der Waals surface area contributed by atoms with Crippen LogP contribution in [0, 0.1) is 17.5 Å². The van der Waals surface area contributed by atoms with E-state index in [2.05, 4.69) is 12.2 Å². The number of ether oxygens (including phenoxy) is 3. The zero-order chi connectivity index (χ0) is 44.4. The third-order valence-electron chi connectivity index (χ3n) is 11.5. The number of carbonyl (C=O) groups excluding carboxylic acids is 1. The quantitative estimate of drug-likeness (QED) is 0.0274. The van der Waals surface area contributed by atoms with Crippen molar-refractivity contribution in [1.29, 1.82) is 0 Å². The van der Waals surface area contributed by atoms with Gasteiger partial charge in [0.15, 0.2) is 29.5 Å². The first-order chi connectivity index (χ1) is 29.4. The molecule has 8 atom stereocenters. The molecule has 1 fully saturated rings. The molecule has 2 aromatic rings. The number of unbranched alkanes of at least 4 members (excludes halogenated alkanes) is 18. The van der Waals surface area contributed by atoms with Crippen molar-refractivity contribution < 1.29 is 62.8 Å². The Labute approximate surface area is 361 Å². The molecule has 11 nitrogen and oxygen atoms in total. The van der Waals surface area contributed by atoms with E-state index in [-0.39, 0.29) is 24.7 Å². The van der Waals surface area contributed by atoms with Gasteiger partial charge in [-0.1, -0.05) is 135 Å². The fourth-order valence-electron chi connectivity index (χ4n) is 7.65. The number of aryl methyl sites for hydroxylation is 1. The molecule has 0 bridgehead atoms. The molecule has 2 unspecified atom stereocenters. The zero-order valence-electron chi connectivity index (χ0n) is 36.2. The molecule has 3 rings (SSSR count). The van der Waals surface area contributed by atoms with Gasteiger partial charge in [0, 0.05) is 18.6 Å². The molecule has 0 radical (unpaired) electrons. The summed E-state index contributed by atoms with van der Waals surface area (Å²) < 4.78 is 57.0. The van der Waals surface area contributed by atoms with E-state index in [9.17, 15) is 48.6 Å². The predicted octanol–water partition coefficient (Wildman–Crippen LogP) is 8.06. The van der Waals surface area contributed by atoms with E-state index >= 15 is 0 Å². The minimum atomic E-state index is -1.64. The number of hydrogen-bond donors (Lipinski definition) is 7. The van der Waals surface area contributed by atoms with E-state index in [0.29, 0.717) is 37.1 Å². The number of aliphatic hydroxyl groups excluding tert-OH is 6. The lowest BCUT2D eigenvalue weighted by atomic mass is 9.98. The van der Waals surface area contributed by atoms with Gasteiger partial charge in [0.2, 0.25) is 5.91 Å². The molecule has 14 heteroatoms. The zero-order valence-corrected chi connectivity index (χ0v) is 36.2. The Hall–Kier alpha value is -2.82. The highest BCUT2D eigenvalue weighted by Gasteiger charge is 2.44. The molecule has 1 saturated heterocycles. The van der Waals surface area contributed by atoms with Crippen molar-refractivity contribution in [3.05, 3.63) is 59.4 Å². The standard InChI is InChI=1S/C47H74F3NO10/c1-2-3-4-5-6-7-8-9-10-14-17-20-23-39(53)43(55)38(32-59-47-46(58)45(57)44(56)41(31-52)61-47)51-42(54)24-21-18-15-12-11-13-16-19-22-33-25-27-34(28-26-33)60-40-30-36(49)35(48)29-37(40)50/h25-30,38-39,41,43-47,52-53,55-58H,2-24,31-32H2,1H3,(H,51,54)/t38-,39+,41?,43-,44-,45-,46?,47-/m0/s1. The molecule has 0 spiro atoms. The highest BCUT2D eigenvalue weighted by molar-refractivity contribution is 5.76. The molecule has 0 aliphatic carbocycles. The largest absolute Gasteiger partial charge is 0.454 e. The Morgan fingerprint density at radius 3 is 1.84 bits per heavy atom. The number of nitrogens with one attached hydrogen (secondary N) is 1. The summed E-state index contributed by atoms with van der Waals surface area (Å²) in [6, 6.07) is 7.15. The Kier molecular flexibility index (Phi) is 26.1. The van der Waals surface area contributed by atoms with Gasteiger partial charge in [-0.3, -0.25) is 4.79 Å². The molecule has 2 aromatic carbocycles. The van der Waals surface area contributed by atoms with Gasteiger partial charge in [0.1, 0.15) is 36.3 Å². The molecule has 1 aliphatic heterocycles. The average Bonchev–Trinajstić information content (AvgIpc) is 3.25. The van der Waals surface area contributed by atoms with Crippen LogP contribution in [0.25, 0.3) is 0 Å². The van der Waals surface area contributed by atoms with Crippen LogP contribution in [-0.4, -0.2) is 98.7 Å². The van der Waals surface area contributed by atoms with Gasteiger partial charge in [-0.2, -0.15) is 0 Å². The SMILES string of the molecule is CCCCCCCCCCCCCC[C@@H](O)[C@@H](O)[C@H](CO[C@H]1OC(CO)[C@H](O)[C@H](O)C1O)NC(=O)CCCCCCCCCCc1ccc(Oc2cc(F)c(F)cc2F)cc1. The Morgan fingerprint density at radius 2 is 1.25 bits per heavy atom. The van der Waals surface area contributed by atoms with Gasteiger partial charge >= 0.3 is 0 Å². The van der Waals surface area contributed by atoms with Gasteiger partial charge in [0.05, 0.1) is 25.4 Å². The van der Waals surface area contributed by atoms with E-state index in [0.717, 1.165) is 76.2 Å². The smallest absolute Gasteiger partial charge is 0.220 e. The maximum absolute atomic E-state index is 13.9. The highest BCUT2D eigenvalue weighted by atomic mass is 19.2. The second-order valence-electron chi connectivity index (χ2n) is 16.7. The van der Waals surface area contributed by atoms with Crippen LogP contribution in [0.1, 0.15) is 154 Å².